The van der Waals surface area contributed by atoms with Gasteiger partial charge in [-0.3, -0.25) is 0 Å². The molecular weight excluding hydrogens is 772 g/mol. The molecule has 61 heavy (non-hydrogen) atoms. The highest BCUT2D eigenvalue weighted by Gasteiger charge is 2.33. The molecule has 1 heterocycles. The van der Waals surface area contributed by atoms with Crippen molar-refractivity contribution in [3.8, 4) is 44.5 Å². The Morgan fingerprint density at radius 3 is 2.08 bits per heavy atom. The zero-order valence-electron chi connectivity index (χ0n) is 33.5. The smallest absolute Gasteiger partial charge is 0.0368 e. The van der Waals surface area contributed by atoms with Crippen LogP contribution in [0, 0.1) is 0 Å². The maximum Gasteiger partial charge on any atom is 0.0368 e. The summed E-state index contributed by atoms with van der Waals surface area (Å²) in [7, 11) is -0.834. The minimum atomic E-state index is -0.834. The molecule has 0 saturated carbocycles. The van der Waals surface area contributed by atoms with Crippen molar-refractivity contribution in [3.63, 3.8) is 0 Å². The molecule has 8 aromatic rings. The third-order valence-corrected chi connectivity index (χ3v) is 16.3. The van der Waals surface area contributed by atoms with E-state index < -0.39 is 7.92 Å². The number of benzene rings is 7. The maximum absolute atomic E-state index is 3.86. The summed E-state index contributed by atoms with van der Waals surface area (Å²) < 4.78 is 2.68. The molecule has 7 aromatic carbocycles. The average Bonchev–Trinajstić information content (AvgIpc) is 4.17. The van der Waals surface area contributed by atoms with Gasteiger partial charge in [0.15, 0.2) is 0 Å². The van der Waals surface area contributed by atoms with Crippen LogP contribution in [-0.2, 0) is 0 Å². The van der Waals surface area contributed by atoms with E-state index in [-0.39, 0.29) is 0 Å². The minimum absolute atomic E-state index is 0.834. The van der Waals surface area contributed by atoms with Crippen molar-refractivity contribution >= 4 is 66.3 Å². The lowest BCUT2D eigenvalue weighted by molar-refractivity contribution is 1.33. The molecule has 0 amide bonds. The van der Waals surface area contributed by atoms with E-state index in [1.807, 2.05) is 29.6 Å². The van der Waals surface area contributed by atoms with Crippen LogP contribution < -0.4 is 5.30 Å². The average molecular weight is 811 g/mol. The molecule has 0 spiro atoms. The number of thiophene rings is 1. The summed E-state index contributed by atoms with van der Waals surface area (Å²) in [5, 5.41) is 12.2. The van der Waals surface area contributed by atoms with Crippen molar-refractivity contribution in [2.45, 2.75) is 12.8 Å². The van der Waals surface area contributed by atoms with Gasteiger partial charge in [0.2, 0.25) is 0 Å². The highest BCUT2D eigenvalue weighted by Crippen LogP contribution is 2.62. The molecular formula is C59H39PS. The molecule has 4 aliphatic carbocycles. The zero-order valence-corrected chi connectivity index (χ0v) is 35.2. The zero-order chi connectivity index (χ0) is 40.4. The molecule has 2 heteroatoms. The molecule has 0 aliphatic heterocycles. The minimum Gasteiger partial charge on any atom is -0.135 e. The van der Waals surface area contributed by atoms with Crippen LogP contribution in [0.5, 0.6) is 0 Å². The molecule has 1 aromatic heterocycles. The normalized spacial score (nSPS) is 15.7. The Kier molecular flexibility index (Phi) is 8.69. The number of hydrogen-bond donors (Lipinski definition) is 0. The lowest BCUT2D eigenvalue weighted by Gasteiger charge is -2.24. The van der Waals surface area contributed by atoms with Crippen molar-refractivity contribution in [2.75, 3.05) is 0 Å². The highest BCUT2D eigenvalue weighted by atomic mass is 32.1. The molecule has 0 saturated heterocycles. The van der Waals surface area contributed by atoms with Crippen LogP contribution in [0.25, 0.3) is 86.2 Å². The Labute approximate surface area is 361 Å². The third-order valence-electron chi connectivity index (χ3n) is 12.6. The van der Waals surface area contributed by atoms with Crippen LogP contribution in [0.2, 0.25) is 0 Å². The Morgan fingerprint density at radius 2 is 1.34 bits per heavy atom. The van der Waals surface area contributed by atoms with Crippen molar-refractivity contribution < 1.29 is 0 Å². The molecule has 286 valence electrons. The van der Waals surface area contributed by atoms with Gasteiger partial charge in [0.05, 0.1) is 0 Å². The van der Waals surface area contributed by atoms with E-state index >= 15 is 0 Å². The van der Waals surface area contributed by atoms with E-state index in [0.717, 1.165) is 12.8 Å². The van der Waals surface area contributed by atoms with Gasteiger partial charge in [-0.1, -0.05) is 183 Å². The molecule has 0 fully saturated rings. The van der Waals surface area contributed by atoms with Gasteiger partial charge in [0.25, 0.3) is 0 Å². The van der Waals surface area contributed by atoms with E-state index in [1.165, 1.54) is 119 Å². The van der Waals surface area contributed by atoms with E-state index in [4.69, 9.17) is 0 Å². The van der Waals surface area contributed by atoms with E-state index in [2.05, 4.69) is 194 Å². The highest BCUT2D eigenvalue weighted by molar-refractivity contribution is 7.74. The maximum atomic E-state index is 3.86. The second-order valence-corrected chi connectivity index (χ2v) is 19.2. The summed E-state index contributed by atoms with van der Waals surface area (Å²) >= 11 is 1.95. The molecule has 4 aliphatic rings. The summed E-state index contributed by atoms with van der Waals surface area (Å²) in [4.78, 5) is 0. The fraction of sp³-hybridized carbons (Fsp3) is 0.0339. The van der Waals surface area contributed by atoms with Crippen molar-refractivity contribution in [1.82, 2.24) is 0 Å². The van der Waals surface area contributed by atoms with Crippen LogP contribution in [0.4, 0.5) is 0 Å². The standard InChI is InChI=1S/C59H39PS/c1-2-3-4-7-21-39-26-16-32-50(39)60(51-33-18-29-43(51)38-19-12-13-20-38)42-34-35-46-52(36-42)61-53-37-49-56-47(57(46)53)30-17-31-48(56)58-54(40-22-8-5-9-23-40)44-27-14-15-28-45(44)55(59(49)58)41-24-10-6-11-25-41/h2-17,19,21-25,27-37H,1,18,26H2/b4-3-,21-7?. The lowest BCUT2D eigenvalue weighted by atomic mass is 9.82. The fourth-order valence-corrected chi connectivity index (χ4v) is 14.2. The first-order valence-corrected chi connectivity index (χ1v) is 23.2. The summed E-state index contributed by atoms with van der Waals surface area (Å²) in [5.74, 6) is 0. The van der Waals surface area contributed by atoms with Gasteiger partial charge in [-0.25, -0.2) is 0 Å². The van der Waals surface area contributed by atoms with Crippen LogP contribution in [0.15, 0.2) is 240 Å². The van der Waals surface area contributed by atoms with Crippen molar-refractivity contribution in [3.05, 3.63) is 240 Å². The van der Waals surface area contributed by atoms with Gasteiger partial charge in [-0.2, -0.15) is 0 Å². The number of fused-ring (bicyclic) bond motifs is 8. The lowest BCUT2D eigenvalue weighted by Crippen LogP contribution is -2.05. The Morgan fingerprint density at radius 1 is 0.607 bits per heavy atom. The molecule has 0 bridgehead atoms. The summed E-state index contributed by atoms with van der Waals surface area (Å²) in [6.45, 7) is 3.86. The quantitative estimate of drug-likeness (QED) is 0.0774. The molecule has 12 rings (SSSR count). The first-order valence-electron chi connectivity index (χ1n) is 21.1. The Bertz CT molecular complexity index is 3500. The Hall–Kier alpha value is -6.85. The number of hydrogen-bond acceptors (Lipinski definition) is 1. The van der Waals surface area contributed by atoms with Crippen LogP contribution >= 0.6 is 19.3 Å². The largest absolute Gasteiger partial charge is 0.135 e. The molecule has 1 atom stereocenters. The Balaban J connectivity index is 1.10. The monoisotopic (exact) mass is 810 g/mol. The predicted molar refractivity (Wildman–Crippen MR) is 267 cm³/mol. The van der Waals surface area contributed by atoms with Gasteiger partial charge in [-0.05, 0) is 138 Å². The SMILES string of the molecule is C=C/C=C\C=CC1=C(P(C2=CCC=C2C2=C=CC=C2)c2ccc3c(c2)sc2cc4c5c(cccc5c23)-c2c-4c(-c3ccccc3)c3ccccc3c2-c2ccccc2)C=CC1. The molecule has 0 N–H and O–H groups in total. The second kappa shape index (κ2) is 14.7. The van der Waals surface area contributed by atoms with E-state index in [1.54, 1.807) is 0 Å². The molecule has 1 unspecified atom stereocenters. The van der Waals surface area contributed by atoms with Gasteiger partial charge < -0.3 is 0 Å². The van der Waals surface area contributed by atoms with Gasteiger partial charge in [0.1, 0.15) is 0 Å². The topological polar surface area (TPSA) is 0 Å². The number of allylic oxidation sites excluding steroid dienone is 16. The van der Waals surface area contributed by atoms with E-state index in [9.17, 15) is 0 Å². The second-order valence-electron chi connectivity index (χ2n) is 15.9. The van der Waals surface area contributed by atoms with Crippen LogP contribution in [0.1, 0.15) is 12.8 Å². The first kappa shape index (κ1) is 36.0. The van der Waals surface area contributed by atoms with Crippen molar-refractivity contribution in [2.24, 2.45) is 0 Å². The molecule has 0 nitrogen and oxygen atoms in total. The predicted octanol–water partition coefficient (Wildman–Crippen LogP) is 16.8. The van der Waals surface area contributed by atoms with Crippen LogP contribution in [-0.4, -0.2) is 0 Å². The third kappa shape index (κ3) is 5.70. The molecule has 0 radical (unpaired) electrons. The summed E-state index contributed by atoms with van der Waals surface area (Å²) in [6.07, 6.45) is 28.2. The van der Waals surface area contributed by atoms with Gasteiger partial charge in [-0.15, -0.1) is 17.1 Å². The summed E-state index contributed by atoms with van der Waals surface area (Å²) in [5.41, 5.74) is 17.9. The van der Waals surface area contributed by atoms with Gasteiger partial charge in [0, 0.05) is 25.7 Å². The van der Waals surface area contributed by atoms with Gasteiger partial charge >= 0.3 is 0 Å². The van der Waals surface area contributed by atoms with Crippen LogP contribution in [0.3, 0.4) is 0 Å². The van der Waals surface area contributed by atoms with E-state index in [0.29, 0.717) is 0 Å². The summed E-state index contributed by atoms with van der Waals surface area (Å²) in [6, 6.07) is 48.1. The first-order chi connectivity index (χ1) is 30.3. The van der Waals surface area contributed by atoms with Crippen molar-refractivity contribution in [1.29, 1.82) is 0 Å². The fourth-order valence-electron chi connectivity index (χ4n) is 10.1. The number of rotatable bonds is 9.